The lowest BCUT2D eigenvalue weighted by atomic mass is 10.1. The molecule has 0 spiro atoms. The van der Waals surface area contributed by atoms with Crippen LogP contribution in [0.25, 0.3) is 0 Å². The minimum absolute atomic E-state index is 0.0577. The van der Waals surface area contributed by atoms with E-state index in [1.807, 2.05) is 6.92 Å². The number of nitro benzene ring substituents is 1. The van der Waals surface area contributed by atoms with E-state index in [2.05, 4.69) is 27.8 Å². The highest BCUT2D eigenvalue weighted by atomic mass is 79.9. The van der Waals surface area contributed by atoms with Crippen LogP contribution in [0.2, 0.25) is 0 Å². The monoisotopic (exact) mass is 312 g/mol. The van der Waals surface area contributed by atoms with Gasteiger partial charge >= 0.3 is 0 Å². The van der Waals surface area contributed by atoms with Crippen molar-refractivity contribution in [2.75, 3.05) is 0 Å². The van der Waals surface area contributed by atoms with E-state index in [0.717, 1.165) is 0 Å². The molecule has 0 aliphatic carbocycles. The zero-order valence-corrected chi connectivity index (χ0v) is 11.4. The van der Waals surface area contributed by atoms with Crippen molar-refractivity contribution >= 4 is 27.5 Å². The average Bonchev–Trinajstić information content (AvgIpc) is 2.29. The Balaban J connectivity index is 2.90. The second-order valence-corrected chi connectivity index (χ2v) is 4.68. The molecule has 1 atom stereocenters. The fourth-order valence-corrected chi connectivity index (χ4v) is 1.80. The van der Waals surface area contributed by atoms with Crippen LogP contribution in [0.3, 0.4) is 0 Å². The summed E-state index contributed by atoms with van der Waals surface area (Å²) < 4.78 is 0.350. The molecule has 1 aromatic rings. The number of hydrogen-bond donors (Lipinski definition) is 1. The largest absolute Gasteiger partial charge is 0.349 e. The lowest BCUT2D eigenvalue weighted by Crippen LogP contribution is -2.32. The second kappa shape index (κ2) is 6.30. The van der Waals surface area contributed by atoms with Crippen LogP contribution in [-0.4, -0.2) is 16.9 Å². The molecule has 0 saturated carbocycles. The van der Waals surface area contributed by atoms with Gasteiger partial charge in [-0.15, -0.1) is 6.58 Å². The van der Waals surface area contributed by atoms with E-state index >= 15 is 0 Å². The van der Waals surface area contributed by atoms with Crippen LogP contribution < -0.4 is 5.32 Å². The van der Waals surface area contributed by atoms with Gasteiger partial charge in [-0.3, -0.25) is 14.9 Å². The minimum Gasteiger partial charge on any atom is -0.349 e. The number of nitrogens with zero attached hydrogens (tertiary/aromatic N) is 1. The fraction of sp³-hybridized carbons (Fsp3) is 0.250. The molecule has 6 heteroatoms. The van der Waals surface area contributed by atoms with E-state index in [9.17, 15) is 14.9 Å². The Morgan fingerprint density at radius 2 is 2.33 bits per heavy atom. The van der Waals surface area contributed by atoms with E-state index in [-0.39, 0.29) is 23.2 Å². The summed E-state index contributed by atoms with van der Waals surface area (Å²) in [7, 11) is 0. The van der Waals surface area contributed by atoms with Gasteiger partial charge < -0.3 is 5.32 Å². The fourth-order valence-electron chi connectivity index (χ4n) is 1.41. The molecule has 0 aliphatic rings. The Bertz CT molecular complexity index is 488. The molecule has 5 nitrogen and oxygen atoms in total. The number of carbonyl (C=O) groups is 1. The van der Waals surface area contributed by atoms with Crippen molar-refractivity contribution in [2.45, 2.75) is 19.4 Å². The standard InChI is InChI=1S/C12H13BrN2O3/c1-3-4-8(2)14-12(16)9-5-6-10(13)11(7-9)15(17)18/h3,5-8H,1,4H2,2H3,(H,14,16). The molecule has 0 radical (unpaired) electrons. The van der Waals surface area contributed by atoms with Crippen LogP contribution in [-0.2, 0) is 0 Å². The number of nitro groups is 1. The SMILES string of the molecule is C=CCC(C)NC(=O)c1ccc(Br)c([N+](=O)[O-])c1. The van der Waals surface area contributed by atoms with Crippen LogP contribution in [0.15, 0.2) is 35.3 Å². The molecule has 0 saturated heterocycles. The molecule has 0 aromatic heterocycles. The Morgan fingerprint density at radius 3 is 2.89 bits per heavy atom. The summed E-state index contributed by atoms with van der Waals surface area (Å²) in [6, 6.07) is 4.22. The highest BCUT2D eigenvalue weighted by Crippen LogP contribution is 2.25. The van der Waals surface area contributed by atoms with Gasteiger partial charge in [-0.25, -0.2) is 0 Å². The molecule has 0 fully saturated rings. The maximum Gasteiger partial charge on any atom is 0.284 e. The van der Waals surface area contributed by atoms with Crippen LogP contribution in [0.4, 0.5) is 5.69 Å². The van der Waals surface area contributed by atoms with E-state index in [1.54, 1.807) is 6.08 Å². The quantitative estimate of drug-likeness (QED) is 0.516. The van der Waals surface area contributed by atoms with Gasteiger partial charge in [0.1, 0.15) is 0 Å². The third-order valence-electron chi connectivity index (χ3n) is 2.30. The summed E-state index contributed by atoms with van der Waals surface area (Å²) in [5.41, 5.74) is 0.139. The van der Waals surface area contributed by atoms with Gasteiger partial charge in [0, 0.05) is 17.7 Å². The summed E-state index contributed by atoms with van der Waals surface area (Å²) in [5.74, 6) is -0.333. The lowest BCUT2D eigenvalue weighted by molar-refractivity contribution is -0.385. The van der Waals surface area contributed by atoms with Crippen molar-refractivity contribution in [3.05, 3.63) is 51.0 Å². The number of amides is 1. The Hall–Kier alpha value is -1.69. The van der Waals surface area contributed by atoms with Gasteiger partial charge in [-0.1, -0.05) is 6.08 Å². The van der Waals surface area contributed by atoms with Crippen molar-refractivity contribution < 1.29 is 9.72 Å². The molecule has 0 aliphatic heterocycles. The van der Waals surface area contributed by atoms with E-state index in [1.165, 1.54) is 18.2 Å². The van der Waals surface area contributed by atoms with Crippen molar-refractivity contribution in [1.82, 2.24) is 5.32 Å². The maximum atomic E-state index is 11.8. The van der Waals surface area contributed by atoms with Crippen molar-refractivity contribution in [3.8, 4) is 0 Å². The molecule has 1 amide bonds. The first-order valence-corrected chi connectivity index (χ1v) is 6.10. The molecule has 1 unspecified atom stereocenters. The summed E-state index contributed by atoms with van der Waals surface area (Å²) in [4.78, 5) is 22.1. The Morgan fingerprint density at radius 1 is 1.67 bits per heavy atom. The highest BCUT2D eigenvalue weighted by molar-refractivity contribution is 9.10. The van der Waals surface area contributed by atoms with E-state index in [4.69, 9.17) is 0 Å². The zero-order valence-electron chi connectivity index (χ0n) is 9.85. The maximum absolute atomic E-state index is 11.8. The molecular formula is C12H13BrN2O3. The second-order valence-electron chi connectivity index (χ2n) is 3.82. The number of hydrogen-bond acceptors (Lipinski definition) is 3. The van der Waals surface area contributed by atoms with Gasteiger partial charge in [0.05, 0.1) is 9.40 Å². The lowest BCUT2D eigenvalue weighted by Gasteiger charge is -2.11. The Kier molecular flexibility index (Phi) is 5.03. The van der Waals surface area contributed by atoms with Crippen LogP contribution in [0.5, 0.6) is 0 Å². The van der Waals surface area contributed by atoms with Crippen LogP contribution in [0.1, 0.15) is 23.7 Å². The first-order valence-electron chi connectivity index (χ1n) is 5.31. The molecule has 0 bridgehead atoms. The minimum atomic E-state index is -0.534. The van der Waals surface area contributed by atoms with Gasteiger partial charge in [-0.2, -0.15) is 0 Å². The predicted molar refractivity (Wildman–Crippen MR) is 72.5 cm³/mol. The topological polar surface area (TPSA) is 72.2 Å². The van der Waals surface area contributed by atoms with Crippen molar-refractivity contribution in [3.63, 3.8) is 0 Å². The summed E-state index contributed by atoms with van der Waals surface area (Å²) in [5, 5.41) is 13.5. The Labute approximate surface area is 113 Å². The summed E-state index contributed by atoms with van der Waals surface area (Å²) in [6.45, 7) is 5.42. The van der Waals surface area contributed by atoms with Crippen molar-refractivity contribution in [1.29, 1.82) is 0 Å². The van der Waals surface area contributed by atoms with Crippen LogP contribution >= 0.6 is 15.9 Å². The summed E-state index contributed by atoms with van der Waals surface area (Å²) in [6.07, 6.45) is 2.35. The first-order chi connectivity index (χ1) is 8.45. The molecular weight excluding hydrogens is 300 g/mol. The first kappa shape index (κ1) is 14.4. The van der Waals surface area contributed by atoms with E-state index in [0.29, 0.717) is 10.9 Å². The van der Waals surface area contributed by atoms with Crippen molar-refractivity contribution in [2.24, 2.45) is 0 Å². The molecule has 1 aromatic carbocycles. The number of rotatable bonds is 5. The molecule has 1 rings (SSSR count). The van der Waals surface area contributed by atoms with Gasteiger partial charge in [-0.05, 0) is 41.4 Å². The number of benzene rings is 1. The molecule has 96 valence electrons. The molecule has 1 N–H and O–H groups in total. The number of nitrogens with one attached hydrogen (secondary N) is 1. The average molecular weight is 313 g/mol. The van der Waals surface area contributed by atoms with Gasteiger partial charge in [0.15, 0.2) is 0 Å². The molecule has 0 heterocycles. The van der Waals surface area contributed by atoms with Gasteiger partial charge in [0.25, 0.3) is 11.6 Å². The van der Waals surface area contributed by atoms with Gasteiger partial charge in [0.2, 0.25) is 0 Å². The molecule has 18 heavy (non-hydrogen) atoms. The zero-order chi connectivity index (χ0) is 13.7. The summed E-state index contributed by atoms with van der Waals surface area (Å²) >= 11 is 3.07. The predicted octanol–water partition coefficient (Wildman–Crippen LogP) is 3.05. The normalized spacial score (nSPS) is 11.7. The number of carbonyl (C=O) groups excluding carboxylic acids is 1. The third-order valence-corrected chi connectivity index (χ3v) is 2.97. The van der Waals surface area contributed by atoms with Crippen LogP contribution in [0, 0.1) is 10.1 Å². The third kappa shape index (κ3) is 3.66. The van der Waals surface area contributed by atoms with E-state index < -0.39 is 4.92 Å². The highest BCUT2D eigenvalue weighted by Gasteiger charge is 2.16. The smallest absolute Gasteiger partial charge is 0.284 e. The number of halogens is 1.